The van der Waals surface area contributed by atoms with E-state index in [4.69, 9.17) is 25.8 Å². The van der Waals surface area contributed by atoms with Crippen molar-refractivity contribution in [1.82, 2.24) is 4.98 Å². The van der Waals surface area contributed by atoms with E-state index in [9.17, 15) is 4.79 Å². The zero-order chi connectivity index (χ0) is 19.2. The summed E-state index contributed by atoms with van der Waals surface area (Å²) in [6.07, 6.45) is 0.192. The molecule has 0 saturated carbocycles. The van der Waals surface area contributed by atoms with Crippen molar-refractivity contribution in [1.29, 1.82) is 0 Å². The molecule has 0 bridgehead atoms. The maximum Gasteiger partial charge on any atom is 0.310 e. The Morgan fingerprint density at radius 1 is 1.11 bits per heavy atom. The molecule has 5 nitrogen and oxygen atoms in total. The van der Waals surface area contributed by atoms with Crippen molar-refractivity contribution in [3.05, 3.63) is 64.1 Å². The van der Waals surface area contributed by atoms with Gasteiger partial charge in [0, 0.05) is 10.4 Å². The van der Waals surface area contributed by atoms with Gasteiger partial charge in [-0.2, -0.15) is 0 Å². The third-order valence-electron chi connectivity index (χ3n) is 3.83. The molecule has 2 aromatic carbocycles. The van der Waals surface area contributed by atoms with E-state index in [-0.39, 0.29) is 19.0 Å². The lowest BCUT2D eigenvalue weighted by atomic mass is 10.1. The maximum atomic E-state index is 12.0. The highest BCUT2D eigenvalue weighted by atomic mass is 35.5. The third kappa shape index (κ3) is 4.78. The van der Waals surface area contributed by atoms with Crippen LogP contribution < -0.4 is 9.47 Å². The quantitative estimate of drug-likeness (QED) is 0.532. The summed E-state index contributed by atoms with van der Waals surface area (Å²) in [5.74, 6) is 0.951. The van der Waals surface area contributed by atoms with Crippen LogP contribution in [0.1, 0.15) is 11.3 Å². The van der Waals surface area contributed by atoms with Crippen LogP contribution in [0.25, 0.3) is 10.6 Å². The van der Waals surface area contributed by atoms with Crippen molar-refractivity contribution >= 4 is 28.9 Å². The minimum atomic E-state index is -0.314. The first kappa shape index (κ1) is 19.2. The number of methoxy groups -OCH3 is 2. The molecule has 7 heteroatoms. The molecule has 0 amide bonds. The second-order valence-electron chi connectivity index (χ2n) is 5.65. The number of carbonyl (C=O) groups excluding carboxylic acids is 1. The van der Waals surface area contributed by atoms with Crippen LogP contribution in [-0.2, 0) is 22.6 Å². The number of hydrogen-bond donors (Lipinski definition) is 0. The minimum Gasteiger partial charge on any atom is -0.493 e. The van der Waals surface area contributed by atoms with Crippen molar-refractivity contribution in [2.75, 3.05) is 14.2 Å². The molecule has 0 aliphatic heterocycles. The predicted octanol–water partition coefficient (Wildman–Crippen LogP) is 4.77. The van der Waals surface area contributed by atoms with E-state index in [1.807, 2.05) is 23.6 Å². The normalized spacial score (nSPS) is 10.5. The smallest absolute Gasteiger partial charge is 0.310 e. The Hall–Kier alpha value is -2.57. The lowest BCUT2D eigenvalue weighted by Gasteiger charge is -2.10. The molecule has 140 valence electrons. The fraction of sp³-hybridized carbons (Fsp3) is 0.200. The van der Waals surface area contributed by atoms with Gasteiger partial charge in [0.05, 0.1) is 31.9 Å². The summed E-state index contributed by atoms with van der Waals surface area (Å²) in [6.45, 7) is 0.120. The molecule has 0 aliphatic carbocycles. The number of aromatic nitrogens is 1. The molecule has 0 unspecified atom stereocenters. The second kappa shape index (κ2) is 8.88. The average Bonchev–Trinajstić information content (AvgIpc) is 3.16. The summed E-state index contributed by atoms with van der Waals surface area (Å²) >= 11 is 7.30. The van der Waals surface area contributed by atoms with E-state index in [2.05, 4.69) is 4.98 Å². The van der Waals surface area contributed by atoms with Gasteiger partial charge in [-0.15, -0.1) is 11.3 Å². The highest BCUT2D eigenvalue weighted by Crippen LogP contribution is 2.39. The van der Waals surface area contributed by atoms with E-state index in [1.54, 1.807) is 38.5 Å². The van der Waals surface area contributed by atoms with Crippen molar-refractivity contribution in [2.45, 2.75) is 13.0 Å². The molecule has 27 heavy (non-hydrogen) atoms. The summed E-state index contributed by atoms with van der Waals surface area (Å²) < 4.78 is 16.1. The van der Waals surface area contributed by atoms with Crippen LogP contribution in [0.4, 0.5) is 0 Å². The summed E-state index contributed by atoms with van der Waals surface area (Å²) in [6, 6.07) is 12.7. The number of rotatable bonds is 7. The molecule has 0 fully saturated rings. The second-order valence-corrected chi connectivity index (χ2v) is 6.94. The summed E-state index contributed by atoms with van der Waals surface area (Å²) in [5, 5.41) is 3.27. The number of thiazole rings is 1. The fourth-order valence-corrected chi connectivity index (χ4v) is 3.48. The molecule has 0 atom stereocenters. The third-order valence-corrected chi connectivity index (χ3v) is 5.00. The average molecular weight is 404 g/mol. The summed E-state index contributed by atoms with van der Waals surface area (Å²) in [7, 11) is 3.18. The SMILES string of the molecule is COc1cccc(-c2nc(COC(=O)Cc3ccc(Cl)cc3)cs2)c1OC. The van der Waals surface area contributed by atoms with Gasteiger partial charge in [0.15, 0.2) is 11.5 Å². The van der Waals surface area contributed by atoms with Gasteiger partial charge in [0.25, 0.3) is 0 Å². The van der Waals surface area contributed by atoms with Gasteiger partial charge in [0.2, 0.25) is 0 Å². The molecule has 0 radical (unpaired) electrons. The fourth-order valence-electron chi connectivity index (χ4n) is 2.53. The van der Waals surface area contributed by atoms with Gasteiger partial charge < -0.3 is 14.2 Å². The molecule has 0 N–H and O–H groups in total. The van der Waals surface area contributed by atoms with Gasteiger partial charge in [0.1, 0.15) is 11.6 Å². The number of ether oxygens (including phenoxy) is 3. The molecule has 0 spiro atoms. The molecule has 3 rings (SSSR count). The van der Waals surface area contributed by atoms with Crippen LogP contribution in [0.2, 0.25) is 5.02 Å². The molecular weight excluding hydrogens is 386 g/mol. The minimum absolute atomic E-state index is 0.120. The zero-order valence-electron chi connectivity index (χ0n) is 14.9. The van der Waals surface area contributed by atoms with E-state index in [0.29, 0.717) is 22.2 Å². The van der Waals surface area contributed by atoms with Crippen LogP contribution in [-0.4, -0.2) is 25.2 Å². The number of esters is 1. The van der Waals surface area contributed by atoms with E-state index < -0.39 is 0 Å². The largest absolute Gasteiger partial charge is 0.493 e. The van der Waals surface area contributed by atoms with Crippen molar-refractivity contribution in [3.8, 4) is 22.1 Å². The number of para-hydroxylation sites is 1. The van der Waals surface area contributed by atoms with Crippen LogP contribution in [0.3, 0.4) is 0 Å². The van der Waals surface area contributed by atoms with Crippen molar-refractivity contribution < 1.29 is 19.0 Å². The van der Waals surface area contributed by atoms with Crippen LogP contribution in [0.15, 0.2) is 47.8 Å². The van der Waals surface area contributed by atoms with E-state index >= 15 is 0 Å². The Balaban J connectivity index is 1.65. The van der Waals surface area contributed by atoms with E-state index in [0.717, 1.165) is 16.1 Å². The molecule has 0 aliphatic rings. The van der Waals surface area contributed by atoms with Gasteiger partial charge in [-0.3, -0.25) is 4.79 Å². The molecule has 0 saturated heterocycles. The Morgan fingerprint density at radius 2 is 1.89 bits per heavy atom. The monoisotopic (exact) mass is 403 g/mol. The van der Waals surface area contributed by atoms with Crippen LogP contribution in [0.5, 0.6) is 11.5 Å². The van der Waals surface area contributed by atoms with E-state index in [1.165, 1.54) is 11.3 Å². The van der Waals surface area contributed by atoms with Gasteiger partial charge in [-0.1, -0.05) is 29.8 Å². The Morgan fingerprint density at radius 3 is 2.59 bits per heavy atom. The lowest BCUT2D eigenvalue weighted by molar-refractivity contribution is -0.144. The molecule has 3 aromatic rings. The Bertz CT molecular complexity index is 924. The van der Waals surface area contributed by atoms with Gasteiger partial charge >= 0.3 is 5.97 Å². The highest BCUT2D eigenvalue weighted by Gasteiger charge is 2.15. The predicted molar refractivity (Wildman–Crippen MR) is 106 cm³/mol. The number of nitrogens with zero attached hydrogens (tertiary/aromatic N) is 1. The first-order chi connectivity index (χ1) is 13.1. The molecule has 1 aromatic heterocycles. The Kier molecular flexibility index (Phi) is 6.32. The summed E-state index contributed by atoms with van der Waals surface area (Å²) in [4.78, 5) is 16.6. The first-order valence-corrected chi connectivity index (χ1v) is 9.42. The highest BCUT2D eigenvalue weighted by molar-refractivity contribution is 7.13. The number of halogens is 1. The number of benzene rings is 2. The Labute approximate surface area is 166 Å². The molecule has 1 heterocycles. The maximum absolute atomic E-state index is 12.0. The zero-order valence-corrected chi connectivity index (χ0v) is 16.5. The summed E-state index contributed by atoms with van der Waals surface area (Å²) in [5.41, 5.74) is 2.37. The van der Waals surface area contributed by atoms with Gasteiger partial charge in [-0.05, 0) is 29.8 Å². The van der Waals surface area contributed by atoms with Gasteiger partial charge in [-0.25, -0.2) is 4.98 Å². The lowest BCUT2D eigenvalue weighted by Crippen LogP contribution is -2.08. The standard InChI is InChI=1S/C20H18ClNO4S/c1-24-17-5-3-4-16(19(17)25-2)20-22-15(12-27-20)11-26-18(23)10-13-6-8-14(21)9-7-13/h3-9,12H,10-11H2,1-2H3. The topological polar surface area (TPSA) is 57.7 Å². The molecular formula is C20H18ClNO4S. The van der Waals surface area contributed by atoms with Crippen molar-refractivity contribution in [2.24, 2.45) is 0 Å². The number of carbonyl (C=O) groups is 1. The van der Waals surface area contributed by atoms with Crippen LogP contribution >= 0.6 is 22.9 Å². The van der Waals surface area contributed by atoms with Crippen molar-refractivity contribution in [3.63, 3.8) is 0 Å². The first-order valence-electron chi connectivity index (χ1n) is 8.16. The van der Waals surface area contributed by atoms with Crippen LogP contribution in [0, 0.1) is 0 Å². The number of hydrogen-bond acceptors (Lipinski definition) is 6.